The van der Waals surface area contributed by atoms with Gasteiger partial charge in [-0.25, -0.2) is 9.59 Å². The number of amides is 2. The van der Waals surface area contributed by atoms with E-state index in [1.54, 1.807) is 20.8 Å². The molecule has 0 heterocycles. The summed E-state index contributed by atoms with van der Waals surface area (Å²) < 4.78 is 10.6. The van der Waals surface area contributed by atoms with Crippen LogP contribution in [-0.4, -0.2) is 43.3 Å². The smallest absolute Gasteiger partial charge is 0.407 e. The molecule has 2 N–H and O–H groups in total. The van der Waals surface area contributed by atoms with Crippen LogP contribution in [0.4, 0.5) is 4.79 Å². The number of nitrogens with one attached hydrogen (secondary N) is 2. The fraction of sp³-hybridized carbons (Fsp3) is 0.550. The van der Waals surface area contributed by atoms with Gasteiger partial charge in [-0.3, -0.25) is 4.79 Å². The van der Waals surface area contributed by atoms with Gasteiger partial charge >= 0.3 is 12.1 Å². The fourth-order valence-corrected chi connectivity index (χ4v) is 3.03. The second-order valence-electron chi connectivity index (χ2n) is 7.64. The van der Waals surface area contributed by atoms with Crippen molar-refractivity contribution in [2.45, 2.75) is 57.6 Å². The van der Waals surface area contributed by atoms with Crippen molar-refractivity contribution in [3.05, 3.63) is 35.4 Å². The van der Waals surface area contributed by atoms with Crippen LogP contribution >= 0.6 is 0 Å². The van der Waals surface area contributed by atoms with Crippen molar-refractivity contribution in [2.24, 2.45) is 0 Å². The zero-order chi connectivity index (χ0) is 20.0. The maximum Gasteiger partial charge on any atom is 0.407 e. The first-order valence-corrected chi connectivity index (χ1v) is 9.14. The maximum atomic E-state index is 12.3. The quantitative estimate of drug-likeness (QED) is 0.743. The first-order valence-electron chi connectivity index (χ1n) is 9.14. The van der Waals surface area contributed by atoms with E-state index in [1.807, 2.05) is 18.2 Å². The van der Waals surface area contributed by atoms with Crippen molar-refractivity contribution in [1.29, 1.82) is 0 Å². The van der Waals surface area contributed by atoms with Crippen LogP contribution in [0.25, 0.3) is 0 Å². The van der Waals surface area contributed by atoms with E-state index in [2.05, 4.69) is 16.7 Å². The van der Waals surface area contributed by atoms with Crippen LogP contribution in [0.5, 0.6) is 0 Å². The molecule has 2 atom stereocenters. The molecule has 1 aromatic rings. The predicted octanol–water partition coefficient (Wildman–Crippen LogP) is 2.29. The molecule has 0 spiro atoms. The Bertz CT molecular complexity index is 696. The molecule has 2 amide bonds. The van der Waals surface area contributed by atoms with Crippen molar-refractivity contribution in [1.82, 2.24) is 10.6 Å². The Morgan fingerprint density at radius 2 is 1.93 bits per heavy atom. The zero-order valence-electron chi connectivity index (χ0n) is 16.3. The Morgan fingerprint density at radius 1 is 1.22 bits per heavy atom. The molecule has 27 heavy (non-hydrogen) atoms. The second-order valence-corrected chi connectivity index (χ2v) is 7.64. The minimum Gasteiger partial charge on any atom is -0.458 e. The molecule has 2 rings (SSSR count). The van der Waals surface area contributed by atoms with Gasteiger partial charge in [0.2, 0.25) is 5.91 Å². The molecule has 0 aromatic heterocycles. The molecule has 1 unspecified atom stereocenters. The molecular formula is C20H28N2O5. The van der Waals surface area contributed by atoms with E-state index >= 15 is 0 Å². The van der Waals surface area contributed by atoms with Gasteiger partial charge in [0.25, 0.3) is 0 Å². The topological polar surface area (TPSA) is 93.7 Å². The summed E-state index contributed by atoms with van der Waals surface area (Å²) in [5.74, 6) is -0.906. The molecule has 1 aliphatic rings. The lowest BCUT2D eigenvalue weighted by atomic mass is 10.0. The van der Waals surface area contributed by atoms with Gasteiger partial charge in [-0.05, 0) is 44.7 Å². The molecule has 1 aromatic carbocycles. The number of carbonyl (C=O) groups is 3. The van der Waals surface area contributed by atoms with Crippen LogP contribution in [0, 0.1) is 0 Å². The maximum absolute atomic E-state index is 12.3. The number of esters is 1. The van der Waals surface area contributed by atoms with Gasteiger partial charge in [-0.2, -0.15) is 0 Å². The van der Waals surface area contributed by atoms with Crippen LogP contribution in [-0.2, 0) is 25.5 Å². The van der Waals surface area contributed by atoms with Crippen LogP contribution in [0.15, 0.2) is 24.3 Å². The highest BCUT2D eigenvalue weighted by atomic mass is 16.6. The molecule has 1 aliphatic carbocycles. The minimum absolute atomic E-state index is 0.144. The highest BCUT2D eigenvalue weighted by molar-refractivity contribution is 5.88. The third kappa shape index (κ3) is 6.27. The summed E-state index contributed by atoms with van der Waals surface area (Å²) in [6, 6.07) is 6.99. The lowest BCUT2D eigenvalue weighted by molar-refractivity contribution is -0.158. The van der Waals surface area contributed by atoms with Gasteiger partial charge in [0, 0.05) is 13.0 Å². The average Bonchev–Trinajstić information content (AvgIpc) is 3.01. The number of aryl methyl sites for hydroxylation is 1. The van der Waals surface area contributed by atoms with Gasteiger partial charge < -0.3 is 20.1 Å². The number of ether oxygens (including phenoxy) is 2. The van der Waals surface area contributed by atoms with Crippen LogP contribution < -0.4 is 10.6 Å². The predicted molar refractivity (Wildman–Crippen MR) is 100 cm³/mol. The number of hydrogen-bond donors (Lipinski definition) is 2. The van der Waals surface area contributed by atoms with Crippen LogP contribution in [0.1, 0.15) is 50.7 Å². The Balaban J connectivity index is 1.93. The van der Waals surface area contributed by atoms with Gasteiger partial charge in [-0.15, -0.1) is 0 Å². The Kier molecular flexibility index (Phi) is 6.82. The van der Waals surface area contributed by atoms with E-state index in [-0.39, 0.29) is 24.9 Å². The molecule has 0 aliphatic heterocycles. The first-order chi connectivity index (χ1) is 12.7. The average molecular weight is 376 g/mol. The molecular weight excluding hydrogens is 348 g/mol. The van der Waals surface area contributed by atoms with E-state index in [1.165, 1.54) is 18.2 Å². The molecule has 0 saturated carbocycles. The van der Waals surface area contributed by atoms with Crippen molar-refractivity contribution >= 4 is 18.0 Å². The van der Waals surface area contributed by atoms with Crippen molar-refractivity contribution in [3.8, 4) is 0 Å². The van der Waals surface area contributed by atoms with E-state index in [0.717, 1.165) is 12.8 Å². The van der Waals surface area contributed by atoms with Gasteiger partial charge in [0.15, 0.2) is 0 Å². The number of carbonyl (C=O) groups excluding carboxylic acids is 3. The number of benzene rings is 1. The monoisotopic (exact) mass is 376 g/mol. The summed E-state index contributed by atoms with van der Waals surface area (Å²) in [6.07, 6.45) is 0.926. The number of rotatable bonds is 6. The lowest BCUT2D eigenvalue weighted by Gasteiger charge is -2.24. The molecule has 148 valence electrons. The van der Waals surface area contributed by atoms with Crippen LogP contribution in [0.3, 0.4) is 0 Å². The Hall–Kier alpha value is -2.57. The molecule has 0 saturated heterocycles. The number of alkyl carbamates (subject to hydrolysis) is 1. The van der Waals surface area contributed by atoms with Crippen molar-refractivity contribution < 1.29 is 23.9 Å². The first kappa shape index (κ1) is 20.7. The molecule has 7 heteroatoms. The van der Waals surface area contributed by atoms with Gasteiger partial charge in [0.05, 0.1) is 6.42 Å². The number of fused-ring (bicyclic) bond motifs is 1. The van der Waals surface area contributed by atoms with Crippen molar-refractivity contribution in [3.63, 3.8) is 0 Å². The van der Waals surface area contributed by atoms with Crippen LogP contribution in [0.2, 0.25) is 0 Å². The summed E-state index contributed by atoms with van der Waals surface area (Å²) >= 11 is 0. The molecule has 0 fully saturated rings. The summed E-state index contributed by atoms with van der Waals surface area (Å²) in [5, 5.41) is 4.89. The van der Waals surface area contributed by atoms with E-state index < -0.39 is 23.7 Å². The zero-order valence-corrected chi connectivity index (χ0v) is 16.3. The lowest BCUT2D eigenvalue weighted by Crippen LogP contribution is -2.46. The highest BCUT2D eigenvalue weighted by Gasteiger charge is 2.30. The van der Waals surface area contributed by atoms with E-state index in [0.29, 0.717) is 0 Å². The van der Waals surface area contributed by atoms with Gasteiger partial charge in [-0.1, -0.05) is 24.3 Å². The minimum atomic E-state index is -1.10. The second kappa shape index (κ2) is 8.88. The molecule has 7 nitrogen and oxygen atoms in total. The standard InChI is InChI=1S/C20H28N2O5/c1-20(2,3)27-18(24)16(11-17(23)21-4)22-19(25)26-12-14-10-9-13-7-5-6-8-15(13)14/h5-8,14,16H,9-12H2,1-4H3,(H,21,23)(H,22,25)/t14?,16-/m1/s1. The van der Waals surface area contributed by atoms with Gasteiger partial charge in [0.1, 0.15) is 18.2 Å². The summed E-state index contributed by atoms with van der Waals surface area (Å²) in [7, 11) is 1.46. The molecule has 0 radical (unpaired) electrons. The largest absolute Gasteiger partial charge is 0.458 e. The van der Waals surface area contributed by atoms with Crippen molar-refractivity contribution in [2.75, 3.05) is 13.7 Å². The number of hydrogen-bond acceptors (Lipinski definition) is 5. The normalized spacial score (nSPS) is 16.8. The molecule has 0 bridgehead atoms. The fourth-order valence-electron chi connectivity index (χ4n) is 3.03. The third-order valence-corrected chi connectivity index (χ3v) is 4.32. The summed E-state index contributed by atoms with van der Waals surface area (Å²) in [4.78, 5) is 36.2. The summed E-state index contributed by atoms with van der Waals surface area (Å²) in [6.45, 7) is 5.39. The Labute approximate surface area is 159 Å². The summed E-state index contributed by atoms with van der Waals surface area (Å²) in [5.41, 5.74) is 1.74. The Morgan fingerprint density at radius 3 is 2.59 bits per heavy atom. The SMILES string of the molecule is CNC(=O)C[C@@H](NC(=O)OCC1CCc2ccccc21)C(=O)OC(C)(C)C. The van der Waals surface area contributed by atoms with E-state index in [4.69, 9.17) is 9.47 Å². The van der Waals surface area contributed by atoms with E-state index in [9.17, 15) is 14.4 Å². The highest BCUT2D eigenvalue weighted by Crippen LogP contribution is 2.32. The third-order valence-electron chi connectivity index (χ3n) is 4.32.